The Kier molecular flexibility index (Phi) is 3.09. The number of carboxylic acid groups (broad SMARTS) is 1. The van der Waals surface area contributed by atoms with Crippen molar-refractivity contribution in [2.24, 2.45) is 7.05 Å². The van der Waals surface area contributed by atoms with Crippen molar-refractivity contribution in [3.63, 3.8) is 0 Å². The van der Waals surface area contributed by atoms with Crippen molar-refractivity contribution in [2.45, 2.75) is 6.10 Å². The van der Waals surface area contributed by atoms with Crippen LogP contribution in [0, 0.1) is 0 Å². The maximum atomic E-state index is 12.2. The molecule has 0 aliphatic carbocycles. The van der Waals surface area contributed by atoms with E-state index in [1.54, 1.807) is 42.4 Å². The maximum Gasteiger partial charge on any atom is 0.346 e. The summed E-state index contributed by atoms with van der Waals surface area (Å²) in [6.45, 7) is 0.0264. The zero-order chi connectivity index (χ0) is 15.0. The first-order chi connectivity index (χ1) is 10.1. The number of para-hydroxylation sites is 2. The van der Waals surface area contributed by atoms with Gasteiger partial charge in [0.25, 0.3) is 5.56 Å². The van der Waals surface area contributed by atoms with Crippen LogP contribution in [0.25, 0.3) is 0 Å². The van der Waals surface area contributed by atoms with E-state index in [4.69, 9.17) is 4.74 Å². The third kappa shape index (κ3) is 2.22. The lowest BCUT2D eigenvalue weighted by Crippen LogP contribution is -2.44. The second-order valence-corrected chi connectivity index (χ2v) is 4.69. The van der Waals surface area contributed by atoms with Gasteiger partial charge in [-0.3, -0.25) is 4.79 Å². The molecule has 1 aromatic heterocycles. The third-order valence-corrected chi connectivity index (χ3v) is 3.30. The standard InChI is InChI=1S/C14H13N3O4/c1-16-7-6-15-12(13(16)18)17-8-11(14(19)20)21-10-5-3-2-4-9(10)17/h2-7,11H,8H2,1H3,(H,19,20). The molecule has 0 bridgehead atoms. The van der Waals surface area contributed by atoms with Crippen molar-refractivity contribution in [1.82, 2.24) is 9.55 Å². The Hall–Kier alpha value is -2.83. The zero-order valence-corrected chi connectivity index (χ0v) is 11.3. The molecule has 1 aliphatic heterocycles. The summed E-state index contributed by atoms with van der Waals surface area (Å²) in [6, 6.07) is 6.98. The summed E-state index contributed by atoms with van der Waals surface area (Å²) in [4.78, 5) is 29.1. The van der Waals surface area contributed by atoms with Gasteiger partial charge in [-0.05, 0) is 12.1 Å². The highest BCUT2D eigenvalue weighted by molar-refractivity contribution is 5.78. The third-order valence-electron chi connectivity index (χ3n) is 3.30. The molecule has 0 fully saturated rings. The molecule has 3 rings (SSSR count). The van der Waals surface area contributed by atoms with Gasteiger partial charge >= 0.3 is 5.97 Å². The van der Waals surface area contributed by atoms with Crippen LogP contribution in [0.4, 0.5) is 11.5 Å². The van der Waals surface area contributed by atoms with Gasteiger partial charge in [-0.25, -0.2) is 9.78 Å². The summed E-state index contributed by atoms with van der Waals surface area (Å²) in [7, 11) is 1.62. The van der Waals surface area contributed by atoms with Crippen molar-refractivity contribution < 1.29 is 14.6 Å². The van der Waals surface area contributed by atoms with Crippen molar-refractivity contribution in [3.05, 3.63) is 47.0 Å². The van der Waals surface area contributed by atoms with Crippen LogP contribution in [0.3, 0.4) is 0 Å². The van der Waals surface area contributed by atoms with Gasteiger partial charge in [0.15, 0.2) is 5.82 Å². The first-order valence-electron chi connectivity index (χ1n) is 6.35. The van der Waals surface area contributed by atoms with Gasteiger partial charge in [0.1, 0.15) is 5.75 Å². The number of anilines is 2. The highest BCUT2D eigenvalue weighted by Gasteiger charge is 2.32. The number of ether oxygens (including phenoxy) is 1. The lowest BCUT2D eigenvalue weighted by molar-refractivity contribution is -0.144. The minimum Gasteiger partial charge on any atom is -0.478 e. The molecule has 2 heterocycles. The number of aliphatic carboxylic acids is 1. The summed E-state index contributed by atoms with van der Waals surface area (Å²) in [6.07, 6.45) is 2.00. The fourth-order valence-corrected chi connectivity index (χ4v) is 2.23. The number of hydrogen-bond donors (Lipinski definition) is 1. The van der Waals surface area contributed by atoms with E-state index < -0.39 is 12.1 Å². The van der Waals surface area contributed by atoms with Gasteiger partial charge < -0.3 is 19.3 Å². The first kappa shape index (κ1) is 13.2. The van der Waals surface area contributed by atoms with Crippen LogP contribution in [-0.2, 0) is 11.8 Å². The Labute approximate surface area is 120 Å². The molecule has 1 unspecified atom stereocenters. The number of rotatable bonds is 2. The Morgan fingerprint density at radius 2 is 2.19 bits per heavy atom. The van der Waals surface area contributed by atoms with E-state index in [9.17, 15) is 14.7 Å². The first-order valence-corrected chi connectivity index (χ1v) is 6.35. The smallest absolute Gasteiger partial charge is 0.346 e. The van der Waals surface area contributed by atoms with E-state index in [0.717, 1.165) is 0 Å². The average molecular weight is 287 g/mol. The van der Waals surface area contributed by atoms with Gasteiger partial charge in [-0.15, -0.1) is 0 Å². The van der Waals surface area contributed by atoms with Crippen molar-refractivity contribution in [2.75, 3.05) is 11.4 Å². The molecule has 1 aliphatic rings. The monoisotopic (exact) mass is 287 g/mol. The van der Waals surface area contributed by atoms with Gasteiger partial charge in [0.2, 0.25) is 6.10 Å². The van der Waals surface area contributed by atoms with Crippen molar-refractivity contribution >= 4 is 17.5 Å². The van der Waals surface area contributed by atoms with Crippen LogP contribution < -0.4 is 15.2 Å². The van der Waals surface area contributed by atoms with Crippen LogP contribution in [0.2, 0.25) is 0 Å². The van der Waals surface area contributed by atoms with Crippen LogP contribution >= 0.6 is 0 Å². The molecule has 2 aromatic rings. The minimum absolute atomic E-state index is 0.0264. The molecule has 108 valence electrons. The van der Waals surface area contributed by atoms with E-state index in [1.165, 1.54) is 10.8 Å². The lowest BCUT2D eigenvalue weighted by atomic mass is 10.2. The number of fused-ring (bicyclic) bond motifs is 1. The average Bonchev–Trinajstić information content (AvgIpc) is 2.49. The van der Waals surface area contributed by atoms with E-state index >= 15 is 0 Å². The van der Waals surface area contributed by atoms with E-state index in [2.05, 4.69) is 4.98 Å². The molecule has 0 radical (unpaired) electrons. The maximum absolute atomic E-state index is 12.2. The topological polar surface area (TPSA) is 84.7 Å². The molecule has 21 heavy (non-hydrogen) atoms. The van der Waals surface area contributed by atoms with Crippen LogP contribution in [0.15, 0.2) is 41.5 Å². The van der Waals surface area contributed by atoms with Crippen molar-refractivity contribution in [1.29, 1.82) is 0 Å². The number of carbonyl (C=O) groups is 1. The predicted octanol–water partition coefficient (Wildman–Crippen LogP) is 0.764. The van der Waals surface area contributed by atoms with E-state index in [1.807, 2.05) is 0 Å². The van der Waals surface area contributed by atoms with Crippen molar-refractivity contribution in [3.8, 4) is 5.75 Å². The fourth-order valence-electron chi connectivity index (χ4n) is 2.23. The number of aromatic nitrogens is 2. The molecule has 1 atom stereocenters. The zero-order valence-electron chi connectivity index (χ0n) is 11.3. The predicted molar refractivity (Wildman–Crippen MR) is 75.0 cm³/mol. The Morgan fingerprint density at radius 3 is 2.95 bits per heavy atom. The van der Waals surface area contributed by atoms with Gasteiger partial charge in [0.05, 0.1) is 12.2 Å². The molecule has 0 saturated heterocycles. The number of aryl methyl sites for hydroxylation is 1. The van der Waals surface area contributed by atoms with Gasteiger partial charge in [-0.1, -0.05) is 12.1 Å². The molecule has 7 nitrogen and oxygen atoms in total. The second kappa shape index (κ2) is 4.93. The lowest BCUT2D eigenvalue weighted by Gasteiger charge is -2.33. The molecule has 0 spiro atoms. The molecule has 1 aromatic carbocycles. The van der Waals surface area contributed by atoms with Crippen LogP contribution in [0.1, 0.15) is 0 Å². The molecular weight excluding hydrogens is 274 g/mol. The van der Waals surface area contributed by atoms with E-state index in [-0.39, 0.29) is 17.9 Å². The number of nitrogens with zero attached hydrogens (tertiary/aromatic N) is 3. The van der Waals surface area contributed by atoms with Crippen LogP contribution in [-0.4, -0.2) is 33.3 Å². The molecule has 1 N–H and O–H groups in total. The number of carboxylic acids is 1. The number of hydrogen-bond acceptors (Lipinski definition) is 5. The molecule has 0 amide bonds. The van der Waals surface area contributed by atoms with Crippen LogP contribution in [0.5, 0.6) is 5.75 Å². The summed E-state index contributed by atoms with van der Waals surface area (Å²) in [5.74, 6) is -0.479. The summed E-state index contributed by atoms with van der Waals surface area (Å²) in [5, 5.41) is 9.20. The van der Waals surface area contributed by atoms with Gasteiger partial charge in [-0.2, -0.15) is 0 Å². The van der Waals surface area contributed by atoms with Gasteiger partial charge in [0, 0.05) is 19.4 Å². The van der Waals surface area contributed by atoms with E-state index in [0.29, 0.717) is 11.4 Å². The fraction of sp³-hybridized carbons (Fsp3) is 0.214. The Balaban J connectivity index is 2.14. The quantitative estimate of drug-likeness (QED) is 0.878. The highest BCUT2D eigenvalue weighted by atomic mass is 16.5. The summed E-state index contributed by atoms with van der Waals surface area (Å²) < 4.78 is 6.84. The largest absolute Gasteiger partial charge is 0.478 e. The molecule has 0 saturated carbocycles. The summed E-state index contributed by atoms with van der Waals surface area (Å²) >= 11 is 0. The molecule has 7 heteroatoms. The highest BCUT2D eigenvalue weighted by Crippen LogP contribution is 2.36. The number of benzene rings is 1. The summed E-state index contributed by atoms with van der Waals surface area (Å²) in [5.41, 5.74) is 0.337. The molecular formula is C14H13N3O4. The second-order valence-electron chi connectivity index (χ2n) is 4.69. The Bertz CT molecular complexity index is 756. The normalized spacial score (nSPS) is 17.0. The minimum atomic E-state index is -1.08. The SMILES string of the molecule is Cn1ccnc(N2CC(C(=O)O)Oc3ccccc32)c1=O. The Morgan fingerprint density at radius 1 is 1.43 bits per heavy atom.